The summed E-state index contributed by atoms with van der Waals surface area (Å²) >= 11 is 7.29. The van der Waals surface area contributed by atoms with Gasteiger partial charge in [-0.1, -0.05) is 56.3 Å². The summed E-state index contributed by atoms with van der Waals surface area (Å²) in [6, 6.07) is 7.09. The maximum Gasteiger partial charge on any atom is 0.237 e. The molecule has 0 aliphatic heterocycles. The van der Waals surface area contributed by atoms with Crippen molar-refractivity contribution in [1.82, 2.24) is 14.9 Å². The molecule has 1 amide bonds. The van der Waals surface area contributed by atoms with Crippen molar-refractivity contribution in [3.05, 3.63) is 35.1 Å². The topological polar surface area (TPSA) is 85.8 Å². The van der Waals surface area contributed by atoms with Crippen molar-refractivity contribution in [2.75, 3.05) is 11.2 Å². The number of aromatic nitrogens is 3. The molecule has 0 fully saturated rings. The molecule has 0 radical (unpaired) electrons. The Labute approximate surface area is 144 Å². The third kappa shape index (κ3) is 4.17. The Bertz CT molecular complexity index is 710. The Morgan fingerprint density at radius 2 is 2.00 bits per heavy atom. The van der Waals surface area contributed by atoms with Crippen LogP contribution in [-0.2, 0) is 10.2 Å². The Morgan fingerprint density at radius 3 is 2.57 bits per heavy atom. The average Bonchev–Trinajstić information content (AvgIpc) is 2.82. The predicted octanol–water partition coefficient (Wildman–Crippen LogP) is 3.06. The number of hydrogen-bond donors (Lipinski definition) is 2. The van der Waals surface area contributed by atoms with E-state index >= 15 is 0 Å². The van der Waals surface area contributed by atoms with Crippen molar-refractivity contribution < 1.29 is 4.79 Å². The van der Waals surface area contributed by atoms with Crippen LogP contribution in [0.1, 0.15) is 33.5 Å². The smallest absolute Gasteiger partial charge is 0.237 e. The van der Waals surface area contributed by atoms with Gasteiger partial charge in [-0.05, 0) is 19.1 Å². The van der Waals surface area contributed by atoms with E-state index in [1.54, 1.807) is 25.1 Å². The van der Waals surface area contributed by atoms with E-state index in [0.717, 1.165) is 0 Å². The van der Waals surface area contributed by atoms with Crippen molar-refractivity contribution in [1.29, 1.82) is 0 Å². The van der Waals surface area contributed by atoms with Crippen LogP contribution in [0.5, 0.6) is 0 Å². The normalized spacial score (nSPS) is 12.9. The number of anilines is 1. The van der Waals surface area contributed by atoms with Crippen LogP contribution in [0.2, 0.25) is 5.02 Å². The summed E-state index contributed by atoms with van der Waals surface area (Å²) in [6.45, 7) is 7.79. The number of carbonyl (C=O) groups excluding carboxylic acids is 1. The summed E-state index contributed by atoms with van der Waals surface area (Å²) in [5.74, 6) is 6.52. The minimum Gasteiger partial charge on any atom is -0.336 e. The van der Waals surface area contributed by atoms with Gasteiger partial charge in [0.05, 0.1) is 16.0 Å². The molecule has 1 atom stereocenters. The zero-order valence-corrected chi connectivity index (χ0v) is 15.1. The fourth-order valence-electron chi connectivity index (χ4n) is 1.88. The van der Waals surface area contributed by atoms with Gasteiger partial charge in [0.25, 0.3) is 0 Å². The summed E-state index contributed by atoms with van der Waals surface area (Å²) in [6.07, 6.45) is 0. The number of hydrogen-bond acceptors (Lipinski definition) is 5. The van der Waals surface area contributed by atoms with Crippen molar-refractivity contribution >= 4 is 35.0 Å². The molecule has 23 heavy (non-hydrogen) atoms. The molecular weight excluding hydrogens is 334 g/mol. The van der Waals surface area contributed by atoms with Crippen molar-refractivity contribution in [3.63, 3.8) is 0 Å². The van der Waals surface area contributed by atoms with E-state index in [1.807, 2.05) is 26.8 Å². The van der Waals surface area contributed by atoms with Crippen LogP contribution in [0.15, 0.2) is 29.4 Å². The molecule has 0 bridgehead atoms. The molecule has 6 nitrogen and oxygen atoms in total. The van der Waals surface area contributed by atoms with Gasteiger partial charge in [-0.25, -0.2) is 4.68 Å². The number of para-hydroxylation sites is 1. The van der Waals surface area contributed by atoms with Crippen molar-refractivity contribution in [2.24, 2.45) is 0 Å². The lowest BCUT2D eigenvalue weighted by molar-refractivity contribution is -0.115. The van der Waals surface area contributed by atoms with Gasteiger partial charge in [-0.2, -0.15) is 0 Å². The molecule has 0 aliphatic carbocycles. The zero-order chi connectivity index (χ0) is 17.2. The number of nitrogens with two attached hydrogens (primary N) is 1. The Morgan fingerprint density at radius 1 is 1.35 bits per heavy atom. The molecule has 0 spiro atoms. The van der Waals surface area contributed by atoms with Gasteiger partial charge in [-0.15, -0.1) is 10.2 Å². The van der Waals surface area contributed by atoms with E-state index < -0.39 is 5.25 Å². The van der Waals surface area contributed by atoms with E-state index in [4.69, 9.17) is 17.4 Å². The number of carbonyl (C=O) groups is 1. The fourth-order valence-corrected chi connectivity index (χ4v) is 2.83. The lowest BCUT2D eigenvalue weighted by Crippen LogP contribution is -2.26. The van der Waals surface area contributed by atoms with E-state index in [1.165, 1.54) is 16.4 Å². The highest BCUT2D eigenvalue weighted by atomic mass is 35.5. The first-order valence-corrected chi connectivity index (χ1v) is 8.39. The predicted molar refractivity (Wildman–Crippen MR) is 94.3 cm³/mol. The number of benzene rings is 1. The SMILES string of the molecule is CC(Sc1nnc(C(C)(C)C)n1N)C(=O)Nc1ccccc1Cl. The van der Waals surface area contributed by atoms with Crippen LogP contribution in [0, 0.1) is 0 Å². The second-order valence-electron chi connectivity index (χ2n) is 6.16. The Kier molecular flexibility index (Phi) is 5.21. The maximum absolute atomic E-state index is 12.3. The van der Waals surface area contributed by atoms with Crippen LogP contribution in [-0.4, -0.2) is 26.0 Å². The van der Waals surface area contributed by atoms with Crippen LogP contribution < -0.4 is 11.2 Å². The van der Waals surface area contributed by atoms with Crippen LogP contribution in [0.25, 0.3) is 0 Å². The highest BCUT2D eigenvalue weighted by Gasteiger charge is 2.25. The van der Waals surface area contributed by atoms with Crippen molar-refractivity contribution in [2.45, 2.75) is 43.5 Å². The molecule has 0 saturated heterocycles. The number of halogens is 1. The molecule has 3 N–H and O–H groups in total. The average molecular weight is 354 g/mol. The maximum atomic E-state index is 12.3. The van der Waals surface area contributed by atoms with Gasteiger partial charge in [0.2, 0.25) is 11.1 Å². The highest BCUT2D eigenvalue weighted by Crippen LogP contribution is 2.27. The molecule has 124 valence electrons. The van der Waals surface area contributed by atoms with Crippen LogP contribution in [0.4, 0.5) is 5.69 Å². The fraction of sp³-hybridized carbons (Fsp3) is 0.400. The number of nitrogens with one attached hydrogen (secondary N) is 1. The summed E-state index contributed by atoms with van der Waals surface area (Å²) in [4.78, 5) is 12.3. The van der Waals surface area contributed by atoms with E-state index in [2.05, 4.69) is 15.5 Å². The lowest BCUT2D eigenvalue weighted by atomic mass is 9.96. The first-order valence-electron chi connectivity index (χ1n) is 7.13. The minimum atomic E-state index is -0.398. The molecule has 1 aromatic heterocycles. The number of thioether (sulfide) groups is 1. The highest BCUT2D eigenvalue weighted by molar-refractivity contribution is 8.00. The summed E-state index contributed by atoms with van der Waals surface area (Å²) < 4.78 is 1.43. The van der Waals surface area contributed by atoms with Gasteiger partial charge < -0.3 is 11.2 Å². The lowest BCUT2D eigenvalue weighted by Gasteiger charge is -2.17. The summed E-state index contributed by atoms with van der Waals surface area (Å²) in [5, 5.41) is 11.6. The van der Waals surface area contributed by atoms with Crippen LogP contribution >= 0.6 is 23.4 Å². The Hall–Kier alpha value is -1.73. The quantitative estimate of drug-likeness (QED) is 0.651. The number of amides is 1. The minimum absolute atomic E-state index is 0.177. The molecular formula is C15H20ClN5OS. The molecule has 8 heteroatoms. The van der Waals surface area contributed by atoms with Gasteiger partial charge >= 0.3 is 0 Å². The first-order chi connectivity index (χ1) is 10.7. The molecule has 1 unspecified atom stereocenters. The molecule has 2 rings (SSSR count). The van der Waals surface area contributed by atoms with E-state index in [9.17, 15) is 4.79 Å². The Balaban J connectivity index is 2.07. The molecule has 1 heterocycles. The third-order valence-corrected chi connectivity index (χ3v) is 4.50. The van der Waals surface area contributed by atoms with Crippen LogP contribution in [0.3, 0.4) is 0 Å². The van der Waals surface area contributed by atoms with Crippen molar-refractivity contribution in [3.8, 4) is 0 Å². The zero-order valence-electron chi connectivity index (χ0n) is 13.5. The van der Waals surface area contributed by atoms with Gasteiger partial charge in [-0.3, -0.25) is 4.79 Å². The summed E-state index contributed by atoms with van der Waals surface area (Å²) in [7, 11) is 0. The molecule has 0 saturated carbocycles. The van der Waals surface area contributed by atoms with E-state index in [0.29, 0.717) is 21.7 Å². The third-order valence-electron chi connectivity index (χ3n) is 3.12. The molecule has 0 aliphatic rings. The van der Waals surface area contributed by atoms with Gasteiger partial charge in [0, 0.05) is 5.41 Å². The number of nitrogen functional groups attached to an aromatic ring is 1. The first kappa shape index (κ1) is 17.6. The molecule has 1 aromatic carbocycles. The van der Waals surface area contributed by atoms with E-state index in [-0.39, 0.29) is 11.3 Å². The van der Waals surface area contributed by atoms with Gasteiger partial charge in [0.15, 0.2) is 5.82 Å². The number of rotatable bonds is 4. The standard InChI is InChI=1S/C15H20ClN5OS/c1-9(12(22)18-11-8-6-5-7-10(11)16)23-14-20-19-13(21(14)17)15(2,3)4/h5-9H,17H2,1-4H3,(H,18,22). The summed E-state index contributed by atoms with van der Waals surface area (Å²) in [5.41, 5.74) is 0.361. The monoisotopic (exact) mass is 353 g/mol. The second-order valence-corrected chi connectivity index (χ2v) is 7.87. The number of nitrogens with zero attached hydrogens (tertiary/aromatic N) is 3. The second kappa shape index (κ2) is 6.80. The van der Waals surface area contributed by atoms with Gasteiger partial charge in [0.1, 0.15) is 0 Å². The largest absolute Gasteiger partial charge is 0.336 e. The molecule has 2 aromatic rings.